The number of anilines is 4. The van der Waals surface area contributed by atoms with Gasteiger partial charge in [0.05, 0.1) is 22.0 Å². The molecule has 1 aliphatic heterocycles. The SMILES string of the molecule is CCN1CCC(Oc2ccc(Nc3ncc(Cl)c(Nc4ccccc4S(=O)(=O)C(C)C)n3)cc2)C1. The number of halogens is 1. The second-order valence-electron chi connectivity index (χ2n) is 8.68. The van der Waals surface area contributed by atoms with Crippen molar-refractivity contribution in [3.05, 3.63) is 59.8 Å². The summed E-state index contributed by atoms with van der Waals surface area (Å²) in [6.45, 7) is 8.52. The van der Waals surface area contributed by atoms with Crippen LogP contribution >= 0.6 is 11.6 Å². The predicted molar refractivity (Wildman–Crippen MR) is 140 cm³/mol. The molecule has 3 aromatic rings. The van der Waals surface area contributed by atoms with Gasteiger partial charge in [0.25, 0.3) is 0 Å². The molecular weight excluding hydrogens is 486 g/mol. The molecule has 0 bridgehead atoms. The highest BCUT2D eigenvalue weighted by Crippen LogP contribution is 2.30. The largest absolute Gasteiger partial charge is 0.489 e. The van der Waals surface area contributed by atoms with Gasteiger partial charge in [-0.1, -0.05) is 30.7 Å². The lowest BCUT2D eigenvalue weighted by Crippen LogP contribution is -2.24. The molecule has 186 valence electrons. The van der Waals surface area contributed by atoms with Gasteiger partial charge in [-0.25, -0.2) is 13.4 Å². The first kappa shape index (κ1) is 25.2. The van der Waals surface area contributed by atoms with Crippen LogP contribution in [0, 0.1) is 0 Å². The summed E-state index contributed by atoms with van der Waals surface area (Å²) in [4.78, 5) is 11.3. The first-order valence-electron chi connectivity index (χ1n) is 11.6. The summed E-state index contributed by atoms with van der Waals surface area (Å²) in [5.41, 5.74) is 1.19. The molecule has 1 saturated heterocycles. The van der Waals surface area contributed by atoms with Gasteiger partial charge in [0.2, 0.25) is 5.95 Å². The molecule has 0 saturated carbocycles. The molecule has 2 N–H and O–H groups in total. The maximum atomic E-state index is 12.8. The monoisotopic (exact) mass is 515 g/mol. The van der Waals surface area contributed by atoms with E-state index in [1.807, 2.05) is 24.3 Å². The highest BCUT2D eigenvalue weighted by atomic mass is 35.5. The summed E-state index contributed by atoms with van der Waals surface area (Å²) >= 11 is 6.32. The molecule has 1 unspecified atom stereocenters. The number of hydrogen-bond acceptors (Lipinski definition) is 8. The van der Waals surface area contributed by atoms with E-state index in [1.165, 1.54) is 6.20 Å². The topological polar surface area (TPSA) is 96.5 Å². The normalized spacial score (nSPS) is 16.4. The van der Waals surface area contributed by atoms with Gasteiger partial charge in [-0.15, -0.1) is 0 Å². The predicted octanol–water partition coefficient (Wildman–Crippen LogP) is 5.27. The van der Waals surface area contributed by atoms with E-state index >= 15 is 0 Å². The van der Waals surface area contributed by atoms with Crippen LogP contribution in [-0.2, 0) is 9.84 Å². The van der Waals surface area contributed by atoms with Crippen molar-refractivity contribution in [2.45, 2.75) is 43.4 Å². The number of nitrogens with zero attached hydrogens (tertiary/aromatic N) is 3. The van der Waals surface area contributed by atoms with E-state index in [9.17, 15) is 8.42 Å². The number of para-hydroxylation sites is 1. The molecule has 1 aliphatic rings. The molecule has 1 fully saturated rings. The average molecular weight is 516 g/mol. The van der Waals surface area contributed by atoms with Crippen molar-refractivity contribution in [1.29, 1.82) is 0 Å². The maximum Gasteiger partial charge on any atom is 0.229 e. The Kier molecular flexibility index (Phi) is 7.78. The number of likely N-dealkylation sites (tertiary alicyclic amines) is 1. The van der Waals surface area contributed by atoms with Gasteiger partial charge in [-0.05, 0) is 63.2 Å². The molecule has 1 aromatic heterocycles. The minimum atomic E-state index is -3.50. The minimum Gasteiger partial charge on any atom is -0.489 e. The van der Waals surface area contributed by atoms with Gasteiger partial charge >= 0.3 is 0 Å². The van der Waals surface area contributed by atoms with E-state index in [0.717, 1.165) is 37.5 Å². The maximum absolute atomic E-state index is 12.8. The molecule has 2 aromatic carbocycles. The number of hydrogen-bond donors (Lipinski definition) is 2. The number of nitrogens with one attached hydrogen (secondary N) is 2. The summed E-state index contributed by atoms with van der Waals surface area (Å²) in [7, 11) is -3.50. The van der Waals surface area contributed by atoms with Crippen molar-refractivity contribution < 1.29 is 13.2 Å². The van der Waals surface area contributed by atoms with Crippen LogP contribution < -0.4 is 15.4 Å². The van der Waals surface area contributed by atoms with Crippen molar-refractivity contribution in [3.63, 3.8) is 0 Å². The van der Waals surface area contributed by atoms with E-state index in [2.05, 4.69) is 32.4 Å². The number of benzene rings is 2. The second kappa shape index (κ2) is 10.8. The molecule has 8 nitrogen and oxygen atoms in total. The van der Waals surface area contributed by atoms with Crippen LogP contribution in [0.5, 0.6) is 5.75 Å². The number of aromatic nitrogens is 2. The van der Waals surface area contributed by atoms with Crippen molar-refractivity contribution in [1.82, 2.24) is 14.9 Å². The zero-order chi connectivity index (χ0) is 25.0. The molecule has 1 atom stereocenters. The summed E-state index contributed by atoms with van der Waals surface area (Å²) in [6, 6.07) is 14.3. The van der Waals surface area contributed by atoms with Gasteiger partial charge in [-0.3, -0.25) is 4.90 Å². The molecule has 0 amide bonds. The van der Waals surface area contributed by atoms with Crippen LogP contribution in [-0.4, -0.2) is 54.3 Å². The van der Waals surface area contributed by atoms with E-state index in [0.29, 0.717) is 17.5 Å². The zero-order valence-corrected chi connectivity index (χ0v) is 21.6. The van der Waals surface area contributed by atoms with Crippen LogP contribution in [0.1, 0.15) is 27.2 Å². The smallest absolute Gasteiger partial charge is 0.229 e. The molecule has 4 rings (SSSR count). The molecule has 0 radical (unpaired) electrons. The number of likely N-dealkylation sites (N-methyl/N-ethyl adjacent to an activating group) is 1. The summed E-state index contributed by atoms with van der Waals surface area (Å²) in [5.74, 6) is 1.45. The van der Waals surface area contributed by atoms with Gasteiger partial charge in [0, 0.05) is 18.8 Å². The van der Waals surface area contributed by atoms with Crippen molar-refractivity contribution in [2.75, 3.05) is 30.3 Å². The van der Waals surface area contributed by atoms with Gasteiger partial charge in [0.1, 0.15) is 16.9 Å². The Morgan fingerprint density at radius 2 is 1.89 bits per heavy atom. The quantitative estimate of drug-likeness (QED) is 0.397. The van der Waals surface area contributed by atoms with Crippen molar-refractivity contribution in [2.24, 2.45) is 0 Å². The highest BCUT2D eigenvalue weighted by Gasteiger charge is 2.24. The first-order valence-corrected chi connectivity index (χ1v) is 13.6. The van der Waals surface area contributed by atoms with Gasteiger partial charge < -0.3 is 15.4 Å². The van der Waals surface area contributed by atoms with E-state index < -0.39 is 15.1 Å². The van der Waals surface area contributed by atoms with Crippen LogP contribution in [0.25, 0.3) is 0 Å². The fraction of sp³-hybridized carbons (Fsp3) is 0.360. The minimum absolute atomic E-state index is 0.194. The van der Waals surface area contributed by atoms with Crippen LogP contribution in [0.4, 0.5) is 23.1 Å². The highest BCUT2D eigenvalue weighted by molar-refractivity contribution is 7.92. The van der Waals surface area contributed by atoms with Crippen molar-refractivity contribution in [3.8, 4) is 5.75 Å². The molecular formula is C25H30ClN5O3S. The number of sulfone groups is 1. The van der Waals surface area contributed by atoms with E-state index in [1.54, 1.807) is 38.1 Å². The Balaban J connectivity index is 1.47. The molecule has 35 heavy (non-hydrogen) atoms. The van der Waals surface area contributed by atoms with E-state index in [4.69, 9.17) is 16.3 Å². The number of ether oxygens (including phenoxy) is 1. The second-order valence-corrected chi connectivity index (χ2v) is 11.6. The Bertz CT molecular complexity index is 1270. The molecule has 2 heterocycles. The molecule has 0 aliphatic carbocycles. The van der Waals surface area contributed by atoms with Crippen LogP contribution in [0.3, 0.4) is 0 Å². The lowest BCUT2D eigenvalue weighted by molar-refractivity contribution is 0.202. The summed E-state index contributed by atoms with van der Waals surface area (Å²) in [6.07, 6.45) is 2.71. The van der Waals surface area contributed by atoms with Crippen LogP contribution in [0.2, 0.25) is 5.02 Å². The van der Waals surface area contributed by atoms with Crippen LogP contribution in [0.15, 0.2) is 59.6 Å². The Morgan fingerprint density at radius 1 is 1.14 bits per heavy atom. The lowest BCUT2D eigenvalue weighted by Gasteiger charge is -2.16. The third-order valence-electron chi connectivity index (χ3n) is 5.90. The van der Waals surface area contributed by atoms with Gasteiger partial charge in [0.15, 0.2) is 15.7 Å². The number of rotatable bonds is 9. The first-order chi connectivity index (χ1) is 16.8. The van der Waals surface area contributed by atoms with E-state index in [-0.39, 0.29) is 16.0 Å². The summed E-state index contributed by atoms with van der Waals surface area (Å²) in [5, 5.41) is 5.93. The third-order valence-corrected chi connectivity index (χ3v) is 8.39. The van der Waals surface area contributed by atoms with Crippen molar-refractivity contribution >= 4 is 44.6 Å². The zero-order valence-electron chi connectivity index (χ0n) is 20.0. The Hall–Kier alpha value is -2.88. The lowest BCUT2D eigenvalue weighted by atomic mass is 10.3. The molecule has 0 spiro atoms. The average Bonchev–Trinajstić information content (AvgIpc) is 3.30. The fourth-order valence-electron chi connectivity index (χ4n) is 3.83. The fourth-order valence-corrected chi connectivity index (χ4v) is 5.17. The summed E-state index contributed by atoms with van der Waals surface area (Å²) < 4.78 is 31.6. The standard InChI is InChI=1S/C25H30ClN5O3S/c1-4-31-14-13-20(16-31)34-19-11-9-18(10-12-19)28-25-27-15-21(26)24(30-25)29-22-7-5-6-8-23(22)35(32,33)17(2)3/h5-12,15,17,20H,4,13-14,16H2,1-3H3,(H2,27,28,29,30). The third kappa shape index (κ3) is 6.04. The Labute approximate surface area is 211 Å². The molecule has 10 heteroatoms. The Morgan fingerprint density at radius 3 is 2.57 bits per heavy atom. The van der Waals surface area contributed by atoms with Gasteiger partial charge in [-0.2, -0.15) is 4.98 Å².